The van der Waals surface area contributed by atoms with Gasteiger partial charge in [0.15, 0.2) is 0 Å². The van der Waals surface area contributed by atoms with Gasteiger partial charge in [-0.15, -0.1) is 0 Å². The molecular weight excluding hydrogens is 237 g/mol. The van der Waals surface area contributed by atoms with Gasteiger partial charge in [0.1, 0.15) is 5.82 Å². The van der Waals surface area contributed by atoms with E-state index in [0.717, 1.165) is 24.0 Å². The first-order valence-electron chi connectivity index (χ1n) is 7.64. The lowest BCUT2D eigenvalue weighted by atomic mass is 9.97. The van der Waals surface area contributed by atoms with Crippen LogP contribution in [0.4, 0.5) is 4.39 Å². The van der Waals surface area contributed by atoms with Crippen LogP contribution < -0.4 is 5.73 Å². The summed E-state index contributed by atoms with van der Waals surface area (Å²) in [6.07, 6.45) is 9.59. The second kappa shape index (κ2) is 9.08. The van der Waals surface area contributed by atoms with Gasteiger partial charge in [-0.25, -0.2) is 4.39 Å². The number of nitrogens with two attached hydrogens (primary N) is 1. The maximum absolute atomic E-state index is 13.2. The molecule has 0 bridgehead atoms. The molecule has 1 aromatic carbocycles. The molecule has 0 aromatic heterocycles. The zero-order valence-corrected chi connectivity index (χ0v) is 12.4. The molecule has 0 aliphatic rings. The third-order valence-electron chi connectivity index (χ3n) is 3.72. The lowest BCUT2D eigenvalue weighted by molar-refractivity contribution is 0.530. The summed E-state index contributed by atoms with van der Waals surface area (Å²) in [5, 5.41) is 0. The topological polar surface area (TPSA) is 26.0 Å². The van der Waals surface area contributed by atoms with Crippen LogP contribution in [0.1, 0.15) is 63.0 Å². The lowest BCUT2D eigenvalue weighted by Gasteiger charge is -2.13. The van der Waals surface area contributed by atoms with E-state index in [4.69, 9.17) is 5.73 Å². The SMILES string of the molecule is CCCCCCCCC(N)Cc1cc(F)ccc1C. The average Bonchev–Trinajstić information content (AvgIpc) is 2.38. The highest BCUT2D eigenvalue weighted by Gasteiger charge is 2.07. The highest BCUT2D eigenvalue weighted by Crippen LogP contribution is 2.15. The predicted molar refractivity (Wildman–Crippen MR) is 80.8 cm³/mol. The molecule has 2 heteroatoms. The monoisotopic (exact) mass is 265 g/mol. The van der Waals surface area contributed by atoms with E-state index >= 15 is 0 Å². The van der Waals surface area contributed by atoms with E-state index in [-0.39, 0.29) is 11.9 Å². The molecule has 0 radical (unpaired) electrons. The van der Waals surface area contributed by atoms with E-state index in [0.29, 0.717) is 0 Å². The Hall–Kier alpha value is -0.890. The van der Waals surface area contributed by atoms with Gasteiger partial charge < -0.3 is 5.73 Å². The minimum atomic E-state index is -0.160. The van der Waals surface area contributed by atoms with Crippen molar-refractivity contribution in [1.29, 1.82) is 0 Å². The fraction of sp³-hybridized carbons (Fsp3) is 0.647. The summed E-state index contributed by atoms with van der Waals surface area (Å²) in [5.41, 5.74) is 8.34. The standard InChI is InChI=1S/C17H28FN/c1-3-4-5-6-7-8-9-17(19)13-15-12-16(18)11-10-14(15)2/h10-12,17H,3-9,13,19H2,1-2H3. The van der Waals surface area contributed by atoms with E-state index in [1.54, 1.807) is 6.07 Å². The minimum absolute atomic E-state index is 0.159. The van der Waals surface area contributed by atoms with Gasteiger partial charge in [-0.1, -0.05) is 51.5 Å². The number of rotatable bonds is 9. The van der Waals surface area contributed by atoms with Crippen LogP contribution in [-0.4, -0.2) is 6.04 Å². The molecule has 108 valence electrons. The highest BCUT2D eigenvalue weighted by molar-refractivity contribution is 5.27. The molecule has 1 nitrogen and oxygen atoms in total. The second-order valence-electron chi connectivity index (χ2n) is 5.59. The first-order valence-corrected chi connectivity index (χ1v) is 7.64. The third-order valence-corrected chi connectivity index (χ3v) is 3.72. The van der Waals surface area contributed by atoms with Crippen molar-refractivity contribution in [3.8, 4) is 0 Å². The molecule has 0 saturated heterocycles. The van der Waals surface area contributed by atoms with Gasteiger partial charge in [0.25, 0.3) is 0 Å². The number of benzene rings is 1. The van der Waals surface area contributed by atoms with Crippen molar-refractivity contribution in [3.63, 3.8) is 0 Å². The maximum atomic E-state index is 13.2. The van der Waals surface area contributed by atoms with Gasteiger partial charge in [-0.05, 0) is 43.0 Å². The Morgan fingerprint density at radius 2 is 1.79 bits per heavy atom. The largest absolute Gasteiger partial charge is 0.327 e. The summed E-state index contributed by atoms with van der Waals surface area (Å²) >= 11 is 0. The molecule has 0 saturated carbocycles. The van der Waals surface area contributed by atoms with Crippen LogP contribution in [0.25, 0.3) is 0 Å². The van der Waals surface area contributed by atoms with Crippen LogP contribution in [0, 0.1) is 12.7 Å². The Morgan fingerprint density at radius 3 is 2.53 bits per heavy atom. The normalized spacial score (nSPS) is 12.6. The summed E-state index contributed by atoms with van der Waals surface area (Å²) < 4.78 is 13.2. The van der Waals surface area contributed by atoms with E-state index in [1.165, 1.54) is 44.6 Å². The van der Waals surface area contributed by atoms with Gasteiger partial charge >= 0.3 is 0 Å². The van der Waals surface area contributed by atoms with Crippen LogP contribution in [0.3, 0.4) is 0 Å². The molecule has 2 N–H and O–H groups in total. The fourth-order valence-corrected chi connectivity index (χ4v) is 2.43. The van der Waals surface area contributed by atoms with Crippen LogP contribution in [0.5, 0.6) is 0 Å². The van der Waals surface area contributed by atoms with Crippen LogP contribution in [0.15, 0.2) is 18.2 Å². The molecule has 1 rings (SSSR count). The van der Waals surface area contributed by atoms with Crippen molar-refractivity contribution >= 4 is 0 Å². The first kappa shape index (κ1) is 16.2. The smallest absolute Gasteiger partial charge is 0.123 e. The highest BCUT2D eigenvalue weighted by atomic mass is 19.1. The molecular formula is C17H28FN. The van der Waals surface area contributed by atoms with Crippen molar-refractivity contribution in [3.05, 3.63) is 35.1 Å². The van der Waals surface area contributed by atoms with Crippen LogP contribution in [0.2, 0.25) is 0 Å². The van der Waals surface area contributed by atoms with E-state index in [9.17, 15) is 4.39 Å². The molecule has 1 unspecified atom stereocenters. The van der Waals surface area contributed by atoms with Gasteiger partial charge in [0.05, 0.1) is 0 Å². The lowest BCUT2D eigenvalue weighted by Crippen LogP contribution is -2.23. The van der Waals surface area contributed by atoms with E-state index in [1.807, 2.05) is 13.0 Å². The number of unbranched alkanes of at least 4 members (excludes halogenated alkanes) is 5. The van der Waals surface area contributed by atoms with Crippen molar-refractivity contribution in [2.24, 2.45) is 5.73 Å². The molecule has 1 aromatic rings. The molecule has 0 aliphatic carbocycles. The van der Waals surface area contributed by atoms with Crippen molar-refractivity contribution in [2.75, 3.05) is 0 Å². The molecule has 0 aliphatic heterocycles. The number of hydrogen-bond donors (Lipinski definition) is 1. The third kappa shape index (κ3) is 6.72. The zero-order chi connectivity index (χ0) is 14.1. The van der Waals surface area contributed by atoms with Crippen molar-refractivity contribution in [1.82, 2.24) is 0 Å². The van der Waals surface area contributed by atoms with Gasteiger partial charge in [-0.3, -0.25) is 0 Å². The molecule has 0 spiro atoms. The Morgan fingerprint density at radius 1 is 1.11 bits per heavy atom. The molecule has 19 heavy (non-hydrogen) atoms. The molecule has 0 heterocycles. The van der Waals surface area contributed by atoms with Crippen LogP contribution >= 0.6 is 0 Å². The minimum Gasteiger partial charge on any atom is -0.327 e. The summed E-state index contributed by atoms with van der Waals surface area (Å²) in [7, 11) is 0. The predicted octanol–water partition coefficient (Wildman–Crippen LogP) is 4.75. The molecule has 1 atom stereocenters. The second-order valence-corrected chi connectivity index (χ2v) is 5.59. The number of hydrogen-bond acceptors (Lipinski definition) is 1. The molecule has 0 fully saturated rings. The van der Waals surface area contributed by atoms with Crippen molar-refractivity contribution < 1.29 is 4.39 Å². The Bertz CT molecular complexity index is 362. The number of aryl methyl sites for hydroxylation is 1. The van der Waals surface area contributed by atoms with Crippen LogP contribution in [-0.2, 0) is 6.42 Å². The van der Waals surface area contributed by atoms with Gasteiger partial charge in [0, 0.05) is 6.04 Å². The number of halogens is 1. The average molecular weight is 265 g/mol. The summed E-state index contributed by atoms with van der Waals surface area (Å²) in [6, 6.07) is 5.13. The van der Waals surface area contributed by atoms with Gasteiger partial charge in [0.2, 0.25) is 0 Å². The maximum Gasteiger partial charge on any atom is 0.123 e. The summed E-state index contributed by atoms with van der Waals surface area (Å²) in [5.74, 6) is -0.160. The molecule has 0 amide bonds. The Kier molecular flexibility index (Phi) is 7.73. The van der Waals surface area contributed by atoms with Gasteiger partial charge in [-0.2, -0.15) is 0 Å². The fourth-order valence-electron chi connectivity index (χ4n) is 2.43. The Balaban J connectivity index is 2.23. The quantitative estimate of drug-likeness (QED) is 0.640. The summed E-state index contributed by atoms with van der Waals surface area (Å²) in [4.78, 5) is 0. The van der Waals surface area contributed by atoms with Crippen molar-refractivity contribution in [2.45, 2.75) is 71.3 Å². The van der Waals surface area contributed by atoms with E-state index in [2.05, 4.69) is 6.92 Å². The Labute approximate surface area is 117 Å². The summed E-state index contributed by atoms with van der Waals surface area (Å²) in [6.45, 7) is 4.25. The zero-order valence-electron chi connectivity index (χ0n) is 12.4. The first-order chi connectivity index (χ1) is 9.13. The van der Waals surface area contributed by atoms with E-state index < -0.39 is 0 Å².